The normalized spacial score (nSPS) is 15.0. The van der Waals surface area contributed by atoms with Crippen LogP contribution in [0.5, 0.6) is 5.75 Å². The molecule has 2 rings (SSSR count). The number of nitrogens with zero attached hydrogens (tertiary/aromatic N) is 2. The van der Waals surface area contributed by atoms with Crippen molar-refractivity contribution in [3.8, 4) is 5.75 Å². The van der Waals surface area contributed by atoms with Crippen molar-refractivity contribution in [1.82, 2.24) is 4.98 Å². The van der Waals surface area contributed by atoms with Gasteiger partial charge in [0.1, 0.15) is 6.61 Å². The highest BCUT2D eigenvalue weighted by Gasteiger charge is 2.17. The first-order valence-corrected chi connectivity index (χ1v) is 4.35. The molecule has 1 aromatic rings. The van der Waals surface area contributed by atoms with Crippen molar-refractivity contribution in [3.05, 3.63) is 18.3 Å². The highest BCUT2D eigenvalue weighted by Crippen LogP contribution is 2.27. The molecule has 0 saturated heterocycles. The Hall–Kier alpha value is -1.29. The van der Waals surface area contributed by atoms with Gasteiger partial charge < -0.3 is 14.7 Å². The zero-order valence-electron chi connectivity index (χ0n) is 7.31. The number of rotatable bonds is 2. The molecule has 0 unspecified atom stereocenters. The largest absolute Gasteiger partial charge is 0.488 e. The van der Waals surface area contributed by atoms with Crippen LogP contribution in [0.1, 0.15) is 0 Å². The summed E-state index contributed by atoms with van der Waals surface area (Å²) in [4.78, 5) is 6.24. The first-order valence-electron chi connectivity index (χ1n) is 4.35. The van der Waals surface area contributed by atoms with Gasteiger partial charge in [-0.2, -0.15) is 0 Å². The summed E-state index contributed by atoms with van der Waals surface area (Å²) in [6.45, 7) is 2.23. The van der Waals surface area contributed by atoms with E-state index in [0.29, 0.717) is 13.2 Å². The van der Waals surface area contributed by atoms with Crippen molar-refractivity contribution in [2.24, 2.45) is 0 Å². The zero-order valence-corrected chi connectivity index (χ0v) is 7.31. The minimum Gasteiger partial charge on any atom is -0.488 e. The molecule has 0 fully saturated rings. The molecule has 2 heterocycles. The van der Waals surface area contributed by atoms with Gasteiger partial charge in [-0.3, -0.25) is 0 Å². The molecule has 1 N–H and O–H groups in total. The van der Waals surface area contributed by atoms with E-state index in [2.05, 4.69) is 4.98 Å². The number of aliphatic hydroxyl groups excluding tert-OH is 1. The minimum atomic E-state index is 0.149. The molecule has 1 aromatic heterocycles. The van der Waals surface area contributed by atoms with Crippen molar-refractivity contribution < 1.29 is 9.84 Å². The highest BCUT2D eigenvalue weighted by molar-refractivity contribution is 5.53. The Bertz CT molecular complexity index is 291. The van der Waals surface area contributed by atoms with E-state index in [9.17, 15) is 0 Å². The first-order chi connectivity index (χ1) is 6.42. The Morgan fingerprint density at radius 2 is 2.54 bits per heavy atom. The van der Waals surface area contributed by atoms with Crippen LogP contribution in [-0.4, -0.2) is 36.4 Å². The van der Waals surface area contributed by atoms with Crippen molar-refractivity contribution >= 4 is 5.82 Å². The standard InChI is InChI=1S/C9H12N2O2/c12-6-4-11-5-7-13-8-2-1-3-10-9(8)11/h1-3,12H,4-7H2. The van der Waals surface area contributed by atoms with Gasteiger partial charge in [0.25, 0.3) is 0 Å². The number of hydrogen-bond acceptors (Lipinski definition) is 4. The summed E-state index contributed by atoms with van der Waals surface area (Å²) in [6.07, 6.45) is 1.73. The molecular weight excluding hydrogens is 168 g/mol. The van der Waals surface area contributed by atoms with Gasteiger partial charge in [-0.15, -0.1) is 0 Å². The number of aromatic nitrogens is 1. The number of aliphatic hydroxyl groups is 1. The van der Waals surface area contributed by atoms with Gasteiger partial charge in [0.05, 0.1) is 13.2 Å². The number of hydrogen-bond donors (Lipinski definition) is 1. The number of ether oxygens (including phenoxy) is 1. The molecule has 1 aliphatic rings. The van der Waals surface area contributed by atoms with Crippen LogP contribution in [0.25, 0.3) is 0 Å². The number of anilines is 1. The van der Waals surface area contributed by atoms with Crippen LogP contribution in [-0.2, 0) is 0 Å². The van der Waals surface area contributed by atoms with E-state index in [1.807, 2.05) is 17.0 Å². The smallest absolute Gasteiger partial charge is 0.171 e. The van der Waals surface area contributed by atoms with Crippen LogP contribution in [0.15, 0.2) is 18.3 Å². The molecule has 0 amide bonds. The molecular formula is C9H12N2O2. The second kappa shape index (κ2) is 3.62. The fourth-order valence-corrected chi connectivity index (χ4v) is 1.44. The van der Waals surface area contributed by atoms with Crippen LogP contribution >= 0.6 is 0 Å². The average molecular weight is 180 g/mol. The summed E-state index contributed by atoms with van der Waals surface area (Å²) in [5.74, 6) is 1.64. The van der Waals surface area contributed by atoms with E-state index in [1.165, 1.54) is 0 Å². The average Bonchev–Trinajstić information content (AvgIpc) is 2.19. The van der Waals surface area contributed by atoms with Crippen molar-refractivity contribution in [3.63, 3.8) is 0 Å². The van der Waals surface area contributed by atoms with Gasteiger partial charge in [-0.25, -0.2) is 4.98 Å². The van der Waals surface area contributed by atoms with Crippen LogP contribution in [0.2, 0.25) is 0 Å². The zero-order chi connectivity index (χ0) is 9.10. The summed E-state index contributed by atoms with van der Waals surface area (Å²) < 4.78 is 5.41. The van der Waals surface area contributed by atoms with Crippen molar-refractivity contribution in [2.75, 3.05) is 31.2 Å². The highest BCUT2D eigenvalue weighted by atomic mass is 16.5. The maximum Gasteiger partial charge on any atom is 0.171 e. The fraction of sp³-hybridized carbons (Fsp3) is 0.444. The van der Waals surface area contributed by atoms with Gasteiger partial charge in [0.15, 0.2) is 11.6 Å². The molecule has 0 bridgehead atoms. The number of β-amino-alcohol motifs (C(OH)–C–C–N with tert-alkyl or cyclic N) is 1. The van der Waals surface area contributed by atoms with E-state index in [0.717, 1.165) is 18.1 Å². The van der Waals surface area contributed by atoms with E-state index in [4.69, 9.17) is 9.84 Å². The van der Waals surface area contributed by atoms with Crippen LogP contribution < -0.4 is 9.64 Å². The quantitative estimate of drug-likeness (QED) is 0.709. The third kappa shape index (κ3) is 1.58. The lowest BCUT2D eigenvalue weighted by atomic mass is 10.3. The lowest BCUT2D eigenvalue weighted by molar-refractivity contribution is 0.276. The Kier molecular flexibility index (Phi) is 2.31. The molecule has 0 aromatic carbocycles. The van der Waals surface area contributed by atoms with Crippen LogP contribution in [0.4, 0.5) is 5.82 Å². The summed E-state index contributed by atoms with van der Waals surface area (Å²) in [5.41, 5.74) is 0. The molecule has 0 spiro atoms. The third-order valence-electron chi connectivity index (χ3n) is 2.04. The fourth-order valence-electron chi connectivity index (χ4n) is 1.44. The maximum atomic E-state index is 8.83. The van der Waals surface area contributed by atoms with Gasteiger partial charge in [0.2, 0.25) is 0 Å². The second-order valence-electron chi connectivity index (χ2n) is 2.88. The van der Waals surface area contributed by atoms with Gasteiger partial charge >= 0.3 is 0 Å². The van der Waals surface area contributed by atoms with E-state index in [1.54, 1.807) is 6.20 Å². The Morgan fingerprint density at radius 1 is 1.62 bits per heavy atom. The summed E-state index contributed by atoms with van der Waals surface area (Å²) in [7, 11) is 0. The summed E-state index contributed by atoms with van der Waals surface area (Å²) >= 11 is 0. The van der Waals surface area contributed by atoms with Gasteiger partial charge in [-0.1, -0.05) is 0 Å². The molecule has 4 nitrogen and oxygen atoms in total. The van der Waals surface area contributed by atoms with E-state index in [-0.39, 0.29) is 6.61 Å². The minimum absolute atomic E-state index is 0.149. The molecule has 4 heteroatoms. The SMILES string of the molecule is OCCN1CCOc2cccnc21. The molecule has 0 radical (unpaired) electrons. The van der Waals surface area contributed by atoms with Crippen molar-refractivity contribution in [1.29, 1.82) is 0 Å². The van der Waals surface area contributed by atoms with Crippen LogP contribution in [0.3, 0.4) is 0 Å². The topological polar surface area (TPSA) is 45.6 Å². The monoisotopic (exact) mass is 180 g/mol. The molecule has 13 heavy (non-hydrogen) atoms. The number of pyridine rings is 1. The Morgan fingerprint density at radius 3 is 3.38 bits per heavy atom. The van der Waals surface area contributed by atoms with Crippen molar-refractivity contribution in [2.45, 2.75) is 0 Å². The summed E-state index contributed by atoms with van der Waals surface area (Å²) in [5, 5.41) is 8.83. The maximum absolute atomic E-state index is 8.83. The molecule has 0 saturated carbocycles. The second-order valence-corrected chi connectivity index (χ2v) is 2.88. The Labute approximate surface area is 76.8 Å². The third-order valence-corrected chi connectivity index (χ3v) is 2.04. The predicted molar refractivity (Wildman–Crippen MR) is 49.0 cm³/mol. The molecule has 0 atom stereocenters. The van der Waals surface area contributed by atoms with Gasteiger partial charge in [-0.05, 0) is 12.1 Å². The molecule has 0 aliphatic carbocycles. The predicted octanol–water partition coefficient (Wildman–Crippen LogP) is 0.273. The lowest BCUT2D eigenvalue weighted by Gasteiger charge is -2.29. The molecule has 1 aliphatic heterocycles. The van der Waals surface area contributed by atoms with E-state index < -0.39 is 0 Å². The Balaban J connectivity index is 2.26. The summed E-state index contributed by atoms with van der Waals surface area (Å²) in [6, 6.07) is 3.74. The van der Waals surface area contributed by atoms with Gasteiger partial charge in [0, 0.05) is 12.7 Å². The molecule has 70 valence electrons. The first kappa shape index (κ1) is 8.31. The number of fused-ring (bicyclic) bond motifs is 1. The van der Waals surface area contributed by atoms with Crippen LogP contribution in [0, 0.1) is 0 Å². The van der Waals surface area contributed by atoms with E-state index >= 15 is 0 Å². The lowest BCUT2D eigenvalue weighted by Crippen LogP contribution is -2.35.